The number of hydrogen-bond acceptors (Lipinski definition) is 5. The highest BCUT2D eigenvalue weighted by Crippen LogP contribution is 2.31. The number of rotatable bonds is 4. The van der Waals surface area contributed by atoms with Gasteiger partial charge in [-0.15, -0.1) is 0 Å². The minimum atomic E-state index is -0.0299. The van der Waals surface area contributed by atoms with E-state index < -0.39 is 0 Å². The van der Waals surface area contributed by atoms with Crippen molar-refractivity contribution in [3.63, 3.8) is 0 Å². The zero-order valence-electron chi connectivity index (χ0n) is 14.9. The number of benzene rings is 1. The second-order valence-corrected chi connectivity index (χ2v) is 6.67. The molecule has 0 aliphatic carbocycles. The second kappa shape index (κ2) is 6.80. The first-order chi connectivity index (χ1) is 12.6. The predicted molar refractivity (Wildman–Crippen MR) is 99.3 cm³/mol. The lowest BCUT2D eigenvalue weighted by Gasteiger charge is -2.25. The van der Waals surface area contributed by atoms with Crippen LogP contribution in [0.25, 0.3) is 10.9 Å². The van der Waals surface area contributed by atoms with Gasteiger partial charge in [-0.1, -0.05) is 24.3 Å². The van der Waals surface area contributed by atoms with Crippen LogP contribution in [-0.2, 0) is 11.3 Å². The molecule has 1 N–H and O–H groups in total. The number of likely N-dealkylation sites (N-methyl/N-ethyl adjacent to an activating group) is 1. The molecule has 6 heteroatoms. The Bertz CT molecular complexity index is 943. The Hall–Kier alpha value is -2.86. The number of aryl methyl sites for hydroxylation is 1. The molecule has 1 saturated heterocycles. The first-order valence-corrected chi connectivity index (χ1v) is 8.74. The van der Waals surface area contributed by atoms with Gasteiger partial charge in [0.25, 0.3) is 0 Å². The van der Waals surface area contributed by atoms with Gasteiger partial charge >= 0.3 is 0 Å². The average Bonchev–Trinajstić information content (AvgIpc) is 2.95. The Morgan fingerprint density at radius 2 is 2.04 bits per heavy atom. The zero-order valence-corrected chi connectivity index (χ0v) is 14.9. The lowest BCUT2D eigenvalue weighted by molar-refractivity contribution is -0.127. The fourth-order valence-corrected chi connectivity index (χ4v) is 3.66. The fourth-order valence-electron chi connectivity index (χ4n) is 3.66. The molecule has 0 saturated carbocycles. The van der Waals surface area contributed by atoms with Gasteiger partial charge in [0.1, 0.15) is 5.82 Å². The van der Waals surface area contributed by atoms with E-state index in [1.54, 1.807) is 11.1 Å². The first kappa shape index (κ1) is 16.6. The molecule has 3 aromatic rings. The van der Waals surface area contributed by atoms with Gasteiger partial charge in [0.2, 0.25) is 5.91 Å². The zero-order chi connectivity index (χ0) is 18.1. The number of pyridine rings is 1. The molecular weight excluding hydrogens is 326 g/mol. The van der Waals surface area contributed by atoms with E-state index in [1.807, 2.05) is 56.6 Å². The van der Waals surface area contributed by atoms with Crippen LogP contribution in [-0.4, -0.2) is 38.8 Å². The van der Waals surface area contributed by atoms with Gasteiger partial charge in [0, 0.05) is 43.0 Å². The minimum absolute atomic E-state index is 0.00655. The Morgan fingerprint density at radius 3 is 2.85 bits per heavy atom. The quantitative estimate of drug-likeness (QED) is 0.785. The van der Waals surface area contributed by atoms with Crippen LogP contribution < -0.4 is 5.32 Å². The van der Waals surface area contributed by atoms with Gasteiger partial charge in [-0.25, -0.2) is 9.97 Å². The summed E-state index contributed by atoms with van der Waals surface area (Å²) in [5.41, 5.74) is 2.95. The molecule has 0 radical (unpaired) electrons. The number of nitrogens with zero attached hydrogens (tertiary/aromatic N) is 4. The summed E-state index contributed by atoms with van der Waals surface area (Å²) < 4.78 is 0. The molecule has 2 atom stereocenters. The van der Waals surface area contributed by atoms with Crippen molar-refractivity contribution < 1.29 is 4.79 Å². The topological polar surface area (TPSA) is 71.0 Å². The highest BCUT2D eigenvalue weighted by molar-refractivity contribution is 5.81. The molecule has 132 valence electrons. The van der Waals surface area contributed by atoms with Gasteiger partial charge in [-0.2, -0.15) is 0 Å². The van der Waals surface area contributed by atoms with Crippen molar-refractivity contribution in [3.8, 4) is 0 Å². The lowest BCUT2D eigenvalue weighted by atomic mass is 10.0. The molecule has 4 rings (SSSR count). The second-order valence-electron chi connectivity index (χ2n) is 6.67. The van der Waals surface area contributed by atoms with E-state index in [2.05, 4.69) is 20.3 Å². The van der Waals surface area contributed by atoms with E-state index in [-0.39, 0.29) is 18.0 Å². The highest BCUT2D eigenvalue weighted by atomic mass is 16.2. The molecule has 2 aromatic heterocycles. The molecule has 1 amide bonds. The summed E-state index contributed by atoms with van der Waals surface area (Å²) in [7, 11) is 1.85. The normalized spacial score (nSPS) is 20.1. The van der Waals surface area contributed by atoms with Crippen molar-refractivity contribution in [2.75, 3.05) is 7.05 Å². The number of carbonyl (C=O) groups is 1. The van der Waals surface area contributed by atoms with Crippen molar-refractivity contribution in [2.24, 2.45) is 0 Å². The van der Waals surface area contributed by atoms with Crippen molar-refractivity contribution in [1.29, 1.82) is 0 Å². The van der Waals surface area contributed by atoms with Crippen LogP contribution >= 0.6 is 0 Å². The number of nitrogens with one attached hydrogen (secondary N) is 1. The molecule has 6 nitrogen and oxygen atoms in total. The summed E-state index contributed by atoms with van der Waals surface area (Å²) in [5.74, 6) is 0.875. The number of aromatic nitrogens is 3. The van der Waals surface area contributed by atoms with Crippen LogP contribution in [0.1, 0.15) is 29.5 Å². The lowest BCUT2D eigenvalue weighted by Crippen LogP contribution is -2.35. The van der Waals surface area contributed by atoms with Crippen molar-refractivity contribution in [1.82, 2.24) is 25.2 Å². The standard InChI is InChI=1S/C20H21N5O/c1-13-15-7-3-4-8-16(15)24-18(23-13)12-22-17-10-19(26)25(2)20(17)14-6-5-9-21-11-14/h3-9,11,17,20,22H,10,12H2,1-2H3/t17-,20+/m1/s1. The van der Waals surface area contributed by atoms with E-state index in [9.17, 15) is 4.79 Å². The van der Waals surface area contributed by atoms with Crippen molar-refractivity contribution in [2.45, 2.75) is 32.0 Å². The van der Waals surface area contributed by atoms with Crippen LogP contribution in [0.4, 0.5) is 0 Å². The molecular formula is C20H21N5O. The Morgan fingerprint density at radius 1 is 1.19 bits per heavy atom. The van der Waals surface area contributed by atoms with Crippen molar-refractivity contribution in [3.05, 3.63) is 65.9 Å². The molecule has 0 spiro atoms. The summed E-state index contributed by atoms with van der Waals surface area (Å²) in [6, 6.07) is 11.9. The molecule has 1 aliphatic heterocycles. The molecule has 1 fully saturated rings. The highest BCUT2D eigenvalue weighted by Gasteiger charge is 2.38. The SMILES string of the molecule is Cc1nc(CN[C@@H]2CC(=O)N(C)[C@H]2c2cccnc2)nc2ccccc12. The maximum Gasteiger partial charge on any atom is 0.224 e. The molecule has 1 aromatic carbocycles. The maximum atomic E-state index is 12.2. The summed E-state index contributed by atoms with van der Waals surface area (Å²) >= 11 is 0. The average molecular weight is 347 g/mol. The fraction of sp³-hybridized carbons (Fsp3) is 0.300. The third-order valence-electron chi connectivity index (χ3n) is 4.97. The number of carbonyl (C=O) groups excluding carboxylic acids is 1. The Balaban J connectivity index is 1.56. The van der Waals surface area contributed by atoms with Crippen LogP contribution in [0.2, 0.25) is 0 Å². The van der Waals surface area contributed by atoms with Gasteiger partial charge in [0.15, 0.2) is 0 Å². The molecule has 26 heavy (non-hydrogen) atoms. The Labute approximate surface area is 152 Å². The maximum absolute atomic E-state index is 12.2. The van der Waals surface area contributed by atoms with Gasteiger partial charge in [-0.3, -0.25) is 9.78 Å². The predicted octanol–water partition coefficient (Wildman–Crippen LogP) is 2.39. The molecule has 1 aliphatic rings. The van der Waals surface area contributed by atoms with Crippen LogP contribution in [0.3, 0.4) is 0 Å². The van der Waals surface area contributed by atoms with E-state index in [4.69, 9.17) is 0 Å². The summed E-state index contributed by atoms with van der Waals surface area (Å²) in [4.78, 5) is 27.5. The molecule has 3 heterocycles. The molecule has 0 bridgehead atoms. The number of likely N-dealkylation sites (tertiary alicyclic amines) is 1. The monoisotopic (exact) mass is 347 g/mol. The van der Waals surface area contributed by atoms with Crippen LogP contribution in [0.15, 0.2) is 48.8 Å². The van der Waals surface area contributed by atoms with Gasteiger partial charge in [0.05, 0.1) is 18.1 Å². The number of fused-ring (bicyclic) bond motifs is 1. The van der Waals surface area contributed by atoms with Gasteiger partial charge < -0.3 is 10.2 Å². The minimum Gasteiger partial charge on any atom is -0.337 e. The Kier molecular flexibility index (Phi) is 4.34. The van der Waals surface area contributed by atoms with Crippen LogP contribution in [0, 0.1) is 6.92 Å². The van der Waals surface area contributed by atoms with Crippen molar-refractivity contribution >= 4 is 16.8 Å². The number of para-hydroxylation sites is 1. The van der Waals surface area contributed by atoms with E-state index in [0.29, 0.717) is 13.0 Å². The summed E-state index contributed by atoms with van der Waals surface area (Å²) in [6.45, 7) is 2.52. The first-order valence-electron chi connectivity index (χ1n) is 8.74. The van der Waals surface area contributed by atoms with E-state index >= 15 is 0 Å². The third-order valence-corrected chi connectivity index (χ3v) is 4.97. The number of hydrogen-bond donors (Lipinski definition) is 1. The third kappa shape index (κ3) is 3.04. The molecule has 0 unspecified atom stereocenters. The van der Waals surface area contributed by atoms with Gasteiger partial charge in [-0.05, 0) is 24.6 Å². The number of amides is 1. The summed E-state index contributed by atoms with van der Waals surface area (Å²) in [5, 5.41) is 4.55. The smallest absolute Gasteiger partial charge is 0.224 e. The van der Waals surface area contributed by atoms with Crippen LogP contribution in [0.5, 0.6) is 0 Å². The van der Waals surface area contributed by atoms with E-state index in [0.717, 1.165) is 28.0 Å². The van der Waals surface area contributed by atoms with E-state index in [1.165, 1.54) is 0 Å². The summed E-state index contributed by atoms with van der Waals surface area (Å²) in [6.07, 6.45) is 4.03. The largest absolute Gasteiger partial charge is 0.337 e.